The standard InChI is InChI=1S/C21H25F2N3O3/c1-11(2)29-21(28)17-12(3)18(24-13(17)4)20(27)25-14-9-15(22)19(16(23)10-14)26-7-5-6-8-26/h9-11,24H,5-8H2,1-4H3,(H,25,27). The van der Waals surface area contributed by atoms with E-state index in [4.69, 9.17) is 4.74 Å². The number of nitrogens with one attached hydrogen (secondary N) is 2. The second-order valence-corrected chi connectivity index (χ2v) is 7.52. The normalized spacial score (nSPS) is 13.8. The molecule has 1 aromatic carbocycles. The van der Waals surface area contributed by atoms with Crippen molar-refractivity contribution in [1.29, 1.82) is 0 Å². The maximum atomic E-state index is 14.5. The molecule has 29 heavy (non-hydrogen) atoms. The monoisotopic (exact) mass is 405 g/mol. The second-order valence-electron chi connectivity index (χ2n) is 7.52. The molecule has 6 nitrogen and oxygen atoms in total. The van der Waals surface area contributed by atoms with Gasteiger partial charge in [0.1, 0.15) is 11.4 Å². The van der Waals surface area contributed by atoms with Crippen molar-refractivity contribution in [3.8, 4) is 0 Å². The molecule has 0 aliphatic carbocycles. The van der Waals surface area contributed by atoms with Crippen LogP contribution in [-0.4, -0.2) is 36.1 Å². The number of hydrogen-bond donors (Lipinski definition) is 2. The summed E-state index contributed by atoms with van der Waals surface area (Å²) < 4.78 is 34.2. The van der Waals surface area contributed by atoms with E-state index in [1.807, 2.05) is 0 Å². The molecule has 2 heterocycles. The molecule has 1 aromatic heterocycles. The molecule has 0 saturated carbocycles. The number of carbonyl (C=O) groups excluding carboxylic acids is 2. The Balaban J connectivity index is 1.83. The quantitative estimate of drug-likeness (QED) is 0.727. The number of aromatic nitrogens is 1. The highest BCUT2D eigenvalue weighted by Gasteiger charge is 2.25. The van der Waals surface area contributed by atoms with Gasteiger partial charge in [0.25, 0.3) is 5.91 Å². The van der Waals surface area contributed by atoms with Crippen LogP contribution in [-0.2, 0) is 4.74 Å². The van der Waals surface area contributed by atoms with Gasteiger partial charge < -0.3 is 19.9 Å². The van der Waals surface area contributed by atoms with Crippen LogP contribution < -0.4 is 10.2 Å². The Morgan fingerprint density at radius 1 is 1.14 bits per heavy atom. The van der Waals surface area contributed by atoms with Gasteiger partial charge in [-0.1, -0.05) is 0 Å². The van der Waals surface area contributed by atoms with Crippen molar-refractivity contribution in [3.63, 3.8) is 0 Å². The Morgan fingerprint density at radius 2 is 1.72 bits per heavy atom. The van der Waals surface area contributed by atoms with Crippen LogP contribution in [0, 0.1) is 25.5 Å². The maximum absolute atomic E-state index is 14.5. The summed E-state index contributed by atoms with van der Waals surface area (Å²) in [5, 5.41) is 2.50. The number of anilines is 2. The summed E-state index contributed by atoms with van der Waals surface area (Å²) in [6.07, 6.45) is 1.49. The Morgan fingerprint density at radius 3 is 2.28 bits per heavy atom. The van der Waals surface area contributed by atoms with Gasteiger partial charge in [-0.15, -0.1) is 0 Å². The van der Waals surface area contributed by atoms with E-state index < -0.39 is 23.5 Å². The highest BCUT2D eigenvalue weighted by molar-refractivity contribution is 6.07. The zero-order valence-electron chi connectivity index (χ0n) is 17.0. The van der Waals surface area contributed by atoms with Gasteiger partial charge in [0.15, 0.2) is 11.6 Å². The number of benzene rings is 1. The summed E-state index contributed by atoms with van der Waals surface area (Å²) in [5.74, 6) is -2.56. The molecule has 2 N–H and O–H groups in total. The number of hydrogen-bond acceptors (Lipinski definition) is 4. The molecule has 0 atom stereocenters. The van der Waals surface area contributed by atoms with Crippen molar-refractivity contribution >= 4 is 23.3 Å². The molecule has 0 bridgehead atoms. The van der Waals surface area contributed by atoms with E-state index in [0.29, 0.717) is 24.3 Å². The third-order valence-corrected chi connectivity index (χ3v) is 4.91. The van der Waals surface area contributed by atoms with E-state index in [1.54, 1.807) is 32.6 Å². The second kappa shape index (κ2) is 8.23. The summed E-state index contributed by atoms with van der Waals surface area (Å²) in [7, 11) is 0. The number of H-pyrrole nitrogens is 1. The molecule has 2 aromatic rings. The highest BCUT2D eigenvalue weighted by atomic mass is 19.1. The smallest absolute Gasteiger partial charge is 0.340 e. The zero-order chi connectivity index (χ0) is 21.3. The molecular formula is C21H25F2N3O3. The van der Waals surface area contributed by atoms with Gasteiger partial charge in [-0.25, -0.2) is 13.6 Å². The lowest BCUT2D eigenvalue weighted by atomic mass is 10.1. The Hall–Kier alpha value is -2.90. The van der Waals surface area contributed by atoms with Gasteiger partial charge in [0.05, 0.1) is 11.7 Å². The molecule has 1 fully saturated rings. The van der Waals surface area contributed by atoms with E-state index >= 15 is 0 Å². The van der Waals surface area contributed by atoms with Crippen LogP contribution in [0.4, 0.5) is 20.2 Å². The van der Waals surface area contributed by atoms with Gasteiger partial charge >= 0.3 is 5.97 Å². The lowest BCUT2D eigenvalue weighted by Gasteiger charge is -2.19. The number of halogens is 2. The van der Waals surface area contributed by atoms with E-state index in [1.165, 1.54) is 0 Å². The highest BCUT2D eigenvalue weighted by Crippen LogP contribution is 2.30. The first-order valence-electron chi connectivity index (χ1n) is 9.64. The van der Waals surface area contributed by atoms with Crippen LogP contribution in [0.1, 0.15) is 58.8 Å². The van der Waals surface area contributed by atoms with Crippen molar-refractivity contribution in [2.24, 2.45) is 0 Å². The molecule has 1 aliphatic rings. The van der Waals surface area contributed by atoms with Crippen molar-refractivity contribution in [1.82, 2.24) is 4.98 Å². The van der Waals surface area contributed by atoms with E-state index in [0.717, 1.165) is 25.0 Å². The topological polar surface area (TPSA) is 74.4 Å². The number of aryl methyl sites for hydroxylation is 1. The van der Waals surface area contributed by atoms with Crippen LogP contribution in [0.15, 0.2) is 12.1 Å². The fourth-order valence-electron chi connectivity index (χ4n) is 3.63. The Kier molecular flexibility index (Phi) is 5.91. The van der Waals surface area contributed by atoms with Gasteiger partial charge in [0.2, 0.25) is 0 Å². The first-order valence-corrected chi connectivity index (χ1v) is 9.64. The summed E-state index contributed by atoms with van der Waals surface area (Å²) in [6.45, 7) is 7.96. The lowest BCUT2D eigenvalue weighted by Crippen LogP contribution is -2.21. The molecule has 8 heteroatoms. The summed E-state index contributed by atoms with van der Waals surface area (Å²) in [4.78, 5) is 29.5. The predicted octanol–water partition coefficient (Wildman–Crippen LogP) is 4.33. The number of aromatic amines is 1. The molecule has 0 unspecified atom stereocenters. The van der Waals surface area contributed by atoms with Crippen LogP contribution in [0.5, 0.6) is 0 Å². The zero-order valence-corrected chi connectivity index (χ0v) is 17.0. The van der Waals surface area contributed by atoms with Crippen LogP contribution in [0.3, 0.4) is 0 Å². The summed E-state index contributed by atoms with van der Waals surface area (Å²) in [5.41, 5.74) is 1.27. The first-order chi connectivity index (χ1) is 13.7. The van der Waals surface area contributed by atoms with Crippen molar-refractivity contribution < 1.29 is 23.1 Å². The SMILES string of the molecule is Cc1[nH]c(C(=O)Nc2cc(F)c(N3CCCC3)c(F)c2)c(C)c1C(=O)OC(C)C. The average Bonchev–Trinajstić information content (AvgIpc) is 3.21. The van der Waals surface area contributed by atoms with Crippen molar-refractivity contribution in [2.75, 3.05) is 23.3 Å². The lowest BCUT2D eigenvalue weighted by molar-refractivity contribution is 0.0376. The maximum Gasteiger partial charge on any atom is 0.340 e. The van der Waals surface area contributed by atoms with Gasteiger partial charge in [-0.05, 0) is 58.2 Å². The van der Waals surface area contributed by atoms with Gasteiger partial charge in [-0.3, -0.25) is 4.79 Å². The van der Waals surface area contributed by atoms with Crippen LogP contribution in [0.25, 0.3) is 0 Å². The number of rotatable bonds is 5. The molecule has 3 rings (SSSR count). The number of amides is 1. The van der Waals surface area contributed by atoms with Crippen LogP contribution >= 0.6 is 0 Å². The summed E-state index contributed by atoms with van der Waals surface area (Å²) >= 11 is 0. The average molecular weight is 405 g/mol. The van der Waals surface area contributed by atoms with Gasteiger partial charge in [0, 0.05) is 24.5 Å². The van der Waals surface area contributed by atoms with Crippen molar-refractivity contribution in [3.05, 3.63) is 46.3 Å². The first kappa shape index (κ1) is 20.8. The number of ether oxygens (including phenoxy) is 1. The van der Waals surface area contributed by atoms with Crippen molar-refractivity contribution in [2.45, 2.75) is 46.6 Å². The third kappa shape index (κ3) is 4.26. The Labute approximate surface area is 168 Å². The van der Waals surface area contributed by atoms with E-state index in [-0.39, 0.29) is 28.7 Å². The number of esters is 1. The van der Waals surface area contributed by atoms with Crippen LogP contribution in [0.2, 0.25) is 0 Å². The molecule has 1 saturated heterocycles. The fourth-order valence-corrected chi connectivity index (χ4v) is 3.63. The minimum atomic E-state index is -0.720. The molecular weight excluding hydrogens is 380 g/mol. The Bertz CT molecular complexity index is 924. The predicted molar refractivity (Wildman–Crippen MR) is 107 cm³/mol. The third-order valence-electron chi connectivity index (χ3n) is 4.91. The fraction of sp³-hybridized carbons (Fsp3) is 0.429. The minimum absolute atomic E-state index is 0.00547. The minimum Gasteiger partial charge on any atom is -0.459 e. The molecule has 1 aliphatic heterocycles. The number of nitrogens with zero attached hydrogens (tertiary/aromatic N) is 1. The largest absolute Gasteiger partial charge is 0.459 e. The summed E-state index contributed by atoms with van der Waals surface area (Å²) in [6, 6.07) is 2.21. The van der Waals surface area contributed by atoms with Gasteiger partial charge in [-0.2, -0.15) is 0 Å². The molecule has 156 valence electrons. The van der Waals surface area contributed by atoms with E-state index in [9.17, 15) is 18.4 Å². The van der Waals surface area contributed by atoms with E-state index in [2.05, 4.69) is 10.3 Å². The molecule has 0 radical (unpaired) electrons. The molecule has 0 spiro atoms. The number of carbonyl (C=O) groups is 2. The molecule has 1 amide bonds.